The summed E-state index contributed by atoms with van der Waals surface area (Å²) in [5, 5.41) is 6.31. The van der Waals surface area contributed by atoms with Crippen molar-refractivity contribution < 1.29 is 9.59 Å². The highest BCUT2D eigenvalue weighted by atomic mass is 35.5. The topological polar surface area (TPSA) is 61.4 Å². The van der Waals surface area contributed by atoms with E-state index in [1.165, 1.54) is 0 Å². The molecular formula is C15H28ClN3O2. The van der Waals surface area contributed by atoms with Gasteiger partial charge in [-0.3, -0.25) is 9.59 Å². The van der Waals surface area contributed by atoms with Crippen molar-refractivity contribution >= 4 is 24.2 Å². The van der Waals surface area contributed by atoms with Crippen molar-refractivity contribution in [3.8, 4) is 0 Å². The third-order valence-electron chi connectivity index (χ3n) is 3.96. The molecule has 2 fully saturated rings. The summed E-state index contributed by atoms with van der Waals surface area (Å²) in [6, 6.07) is -0.0341. The van der Waals surface area contributed by atoms with Gasteiger partial charge in [-0.25, -0.2) is 0 Å². The molecule has 6 heteroatoms. The Labute approximate surface area is 133 Å². The molecule has 0 aromatic heterocycles. The van der Waals surface area contributed by atoms with Crippen LogP contribution in [0.4, 0.5) is 0 Å². The van der Waals surface area contributed by atoms with Crippen LogP contribution in [-0.2, 0) is 9.59 Å². The maximum absolute atomic E-state index is 12.3. The van der Waals surface area contributed by atoms with Crippen molar-refractivity contribution in [2.24, 2.45) is 5.41 Å². The van der Waals surface area contributed by atoms with Gasteiger partial charge in [-0.1, -0.05) is 20.8 Å². The Hall–Kier alpha value is -0.810. The molecule has 2 rings (SSSR count). The van der Waals surface area contributed by atoms with Crippen molar-refractivity contribution in [1.82, 2.24) is 15.5 Å². The second-order valence-electron chi connectivity index (χ2n) is 7.18. The number of carbonyl (C=O) groups is 2. The summed E-state index contributed by atoms with van der Waals surface area (Å²) in [5.74, 6) is 0.137. The zero-order valence-electron chi connectivity index (χ0n) is 13.3. The zero-order chi connectivity index (χ0) is 14.8. The maximum Gasteiger partial charge on any atom is 0.243 e. The van der Waals surface area contributed by atoms with Crippen LogP contribution in [0, 0.1) is 5.41 Å². The predicted octanol–water partition coefficient (Wildman–Crippen LogP) is 1.31. The molecule has 0 spiro atoms. The first kappa shape index (κ1) is 18.2. The normalized spacial score (nSPS) is 25.6. The molecule has 122 valence electrons. The summed E-state index contributed by atoms with van der Waals surface area (Å²) in [7, 11) is 0. The number of hydrogen-bond acceptors (Lipinski definition) is 3. The van der Waals surface area contributed by atoms with E-state index >= 15 is 0 Å². The number of rotatable bonds is 3. The second-order valence-corrected chi connectivity index (χ2v) is 7.18. The summed E-state index contributed by atoms with van der Waals surface area (Å²) < 4.78 is 0. The van der Waals surface area contributed by atoms with E-state index in [0.717, 1.165) is 38.9 Å². The smallest absolute Gasteiger partial charge is 0.243 e. The first-order valence-corrected chi connectivity index (χ1v) is 7.67. The molecule has 0 saturated carbocycles. The molecule has 2 saturated heterocycles. The predicted molar refractivity (Wildman–Crippen MR) is 85.5 cm³/mol. The van der Waals surface area contributed by atoms with Crippen molar-refractivity contribution in [2.45, 2.75) is 58.5 Å². The lowest BCUT2D eigenvalue weighted by Crippen LogP contribution is -2.49. The van der Waals surface area contributed by atoms with Crippen LogP contribution in [0.5, 0.6) is 0 Å². The number of carbonyl (C=O) groups excluding carboxylic acids is 2. The summed E-state index contributed by atoms with van der Waals surface area (Å²) >= 11 is 0. The van der Waals surface area contributed by atoms with Gasteiger partial charge in [0.2, 0.25) is 11.8 Å². The highest BCUT2D eigenvalue weighted by Gasteiger charge is 2.36. The molecule has 0 aromatic rings. The molecule has 0 radical (unpaired) electrons. The summed E-state index contributed by atoms with van der Waals surface area (Å²) in [6.45, 7) is 8.69. The van der Waals surface area contributed by atoms with Gasteiger partial charge in [0.1, 0.15) is 6.04 Å². The number of amides is 2. The van der Waals surface area contributed by atoms with Crippen LogP contribution in [0.15, 0.2) is 0 Å². The number of hydrogen-bond donors (Lipinski definition) is 2. The van der Waals surface area contributed by atoms with E-state index in [-0.39, 0.29) is 41.7 Å². The molecule has 2 N–H and O–H groups in total. The first-order chi connectivity index (χ1) is 9.37. The molecule has 0 aliphatic carbocycles. The van der Waals surface area contributed by atoms with Crippen LogP contribution >= 0.6 is 12.4 Å². The second kappa shape index (κ2) is 7.45. The molecule has 0 bridgehead atoms. The van der Waals surface area contributed by atoms with Crippen molar-refractivity contribution in [2.75, 3.05) is 19.6 Å². The molecule has 2 unspecified atom stereocenters. The highest BCUT2D eigenvalue weighted by molar-refractivity contribution is 5.88. The van der Waals surface area contributed by atoms with E-state index < -0.39 is 0 Å². The molecule has 2 aliphatic heterocycles. The molecule has 2 aliphatic rings. The fourth-order valence-corrected chi connectivity index (χ4v) is 2.97. The first-order valence-electron chi connectivity index (χ1n) is 7.67. The standard InChI is InChI=1S/C15H27N3O2.ClH/c1-15(2,3)9-13(19)18-8-4-5-12(18)14(20)17-11-6-7-16-10-11;/h11-12,16H,4-10H2,1-3H3,(H,17,20);1H. The highest BCUT2D eigenvalue weighted by Crippen LogP contribution is 2.25. The van der Waals surface area contributed by atoms with E-state index in [1.807, 2.05) is 0 Å². The van der Waals surface area contributed by atoms with E-state index in [1.54, 1.807) is 4.90 Å². The largest absolute Gasteiger partial charge is 0.350 e. The lowest BCUT2D eigenvalue weighted by Gasteiger charge is -2.28. The minimum Gasteiger partial charge on any atom is -0.350 e. The van der Waals surface area contributed by atoms with Crippen LogP contribution in [0.3, 0.4) is 0 Å². The van der Waals surface area contributed by atoms with E-state index in [4.69, 9.17) is 0 Å². The molecule has 2 amide bonds. The fraction of sp³-hybridized carbons (Fsp3) is 0.867. The van der Waals surface area contributed by atoms with Crippen LogP contribution in [0.2, 0.25) is 0 Å². The van der Waals surface area contributed by atoms with Gasteiger partial charge in [-0.05, 0) is 31.2 Å². The Morgan fingerprint density at radius 3 is 2.57 bits per heavy atom. The van der Waals surface area contributed by atoms with E-state index in [2.05, 4.69) is 31.4 Å². The van der Waals surface area contributed by atoms with Gasteiger partial charge in [0.25, 0.3) is 0 Å². The van der Waals surface area contributed by atoms with Crippen molar-refractivity contribution in [3.05, 3.63) is 0 Å². The number of nitrogens with zero attached hydrogens (tertiary/aromatic N) is 1. The van der Waals surface area contributed by atoms with Crippen LogP contribution < -0.4 is 10.6 Å². The Morgan fingerprint density at radius 1 is 1.29 bits per heavy atom. The van der Waals surface area contributed by atoms with Gasteiger partial charge in [0, 0.05) is 25.6 Å². The lowest BCUT2D eigenvalue weighted by atomic mass is 9.91. The molecule has 5 nitrogen and oxygen atoms in total. The molecular weight excluding hydrogens is 290 g/mol. The van der Waals surface area contributed by atoms with Gasteiger partial charge in [-0.15, -0.1) is 12.4 Å². The minimum absolute atomic E-state index is 0. The van der Waals surface area contributed by atoms with Gasteiger partial charge < -0.3 is 15.5 Å². The molecule has 2 atom stereocenters. The Kier molecular flexibility index (Phi) is 6.47. The Balaban J connectivity index is 0.00000220. The summed E-state index contributed by atoms with van der Waals surface area (Å²) in [5.41, 5.74) is -0.0317. The van der Waals surface area contributed by atoms with E-state index in [9.17, 15) is 9.59 Å². The quantitative estimate of drug-likeness (QED) is 0.825. The molecule has 21 heavy (non-hydrogen) atoms. The van der Waals surface area contributed by atoms with Gasteiger partial charge in [0.05, 0.1) is 0 Å². The van der Waals surface area contributed by atoms with Crippen molar-refractivity contribution in [1.29, 1.82) is 0 Å². The third-order valence-corrected chi connectivity index (χ3v) is 3.96. The number of nitrogens with one attached hydrogen (secondary N) is 2. The van der Waals surface area contributed by atoms with Gasteiger partial charge in [-0.2, -0.15) is 0 Å². The number of halogens is 1. The van der Waals surface area contributed by atoms with Crippen LogP contribution in [0.25, 0.3) is 0 Å². The zero-order valence-corrected chi connectivity index (χ0v) is 14.1. The average Bonchev–Trinajstić information content (AvgIpc) is 2.96. The Bertz CT molecular complexity index is 376. The number of likely N-dealkylation sites (tertiary alicyclic amines) is 1. The lowest BCUT2D eigenvalue weighted by molar-refractivity contribution is -0.140. The Morgan fingerprint density at radius 2 is 2.00 bits per heavy atom. The minimum atomic E-state index is -0.259. The average molecular weight is 318 g/mol. The third kappa shape index (κ3) is 5.15. The molecule has 0 aromatic carbocycles. The van der Waals surface area contributed by atoms with Crippen molar-refractivity contribution in [3.63, 3.8) is 0 Å². The monoisotopic (exact) mass is 317 g/mol. The molecule has 2 heterocycles. The fourth-order valence-electron chi connectivity index (χ4n) is 2.97. The van der Waals surface area contributed by atoms with Gasteiger partial charge >= 0.3 is 0 Å². The SMILES string of the molecule is CC(C)(C)CC(=O)N1CCCC1C(=O)NC1CCNC1.Cl. The maximum atomic E-state index is 12.3. The summed E-state index contributed by atoms with van der Waals surface area (Å²) in [6.07, 6.45) is 3.20. The van der Waals surface area contributed by atoms with E-state index in [0.29, 0.717) is 6.42 Å². The summed E-state index contributed by atoms with van der Waals surface area (Å²) in [4.78, 5) is 26.5. The van der Waals surface area contributed by atoms with Crippen LogP contribution in [0.1, 0.15) is 46.5 Å². The van der Waals surface area contributed by atoms with Gasteiger partial charge in [0.15, 0.2) is 0 Å². The van der Waals surface area contributed by atoms with Crippen LogP contribution in [-0.4, -0.2) is 48.4 Å².